The zero-order chi connectivity index (χ0) is 12.4. The minimum atomic E-state index is -0.120. The SMILES string of the molecule is Fc1ccccc1-c1sccc1C1CCCNC1. The van der Waals surface area contributed by atoms with E-state index >= 15 is 0 Å². The average molecular weight is 261 g/mol. The summed E-state index contributed by atoms with van der Waals surface area (Å²) in [6.45, 7) is 2.12. The largest absolute Gasteiger partial charge is 0.316 e. The van der Waals surface area contributed by atoms with E-state index in [0.717, 1.165) is 23.5 Å². The average Bonchev–Trinajstić information content (AvgIpc) is 2.89. The minimum absolute atomic E-state index is 0.120. The summed E-state index contributed by atoms with van der Waals surface area (Å²) in [6.07, 6.45) is 2.41. The summed E-state index contributed by atoms with van der Waals surface area (Å²) >= 11 is 1.64. The van der Waals surface area contributed by atoms with Crippen molar-refractivity contribution < 1.29 is 4.39 Å². The predicted octanol–water partition coefficient (Wildman–Crippen LogP) is 4.02. The molecule has 18 heavy (non-hydrogen) atoms. The molecule has 3 heteroatoms. The van der Waals surface area contributed by atoms with Gasteiger partial charge in [-0.25, -0.2) is 4.39 Å². The lowest BCUT2D eigenvalue weighted by atomic mass is 9.90. The van der Waals surface area contributed by atoms with Crippen molar-refractivity contribution in [3.05, 3.63) is 47.1 Å². The number of thiophene rings is 1. The van der Waals surface area contributed by atoms with Gasteiger partial charge in [-0.2, -0.15) is 0 Å². The fourth-order valence-electron chi connectivity index (χ4n) is 2.62. The highest BCUT2D eigenvalue weighted by Crippen LogP contribution is 2.37. The van der Waals surface area contributed by atoms with Crippen molar-refractivity contribution in [1.82, 2.24) is 5.32 Å². The molecule has 1 aromatic carbocycles. The second-order valence-corrected chi connectivity index (χ2v) is 5.64. The van der Waals surface area contributed by atoms with Crippen LogP contribution in [-0.2, 0) is 0 Å². The molecule has 1 aliphatic heterocycles. The summed E-state index contributed by atoms with van der Waals surface area (Å²) in [5.74, 6) is 0.407. The van der Waals surface area contributed by atoms with Gasteiger partial charge in [-0.15, -0.1) is 11.3 Å². The van der Waals surface area contributed by atoms with Crippen LogP contribution in [0.3, 0.4) is 0 Å². The van der Waals surface area contributed by atoms with Gasteiger partial charge < -0.3 is 5.32 Å². The first-order chi connectivity index (χ1) is 8.86. The summed E-state index contributed by atoms with van der Waals surface area (Å²) in [6, 6.07) is 9.22. The molecule has 0 radical (unpaired) electrons. The van der Waals surface area contributed by atoms with Crippen molar-refractivity contribution in [1.29, 1.82) is 0 Å². The Balaban J connectivity index is 1.98. The van der Waals surface area contributed by atoms with Gasteiger partial charge in [0, 0.05) is 17.0 Å². The third-order valence-electron chi connectivity index (χ3n) is 3.55. The minimum Gasteiger partial charge on any atom is -0.316 e. The molecular formula is C15H16FNS. The Bertz CT molecular complexity index is 529. The number of hydrogen-bond acceptors (Lipinski definition) is 2. The van der Waals surface area contributed by atoms with Gasteiger partial charge in [-0.3, -0.25) is 0 Å². The van der Waals surface area contributed by atoms with E-state index in [1.807, 2.05) is 12.1 Å². The second kappa shape index (κ2) is 5.21. The molecule has 94 valence electrons. The van der Waals surface area contributed by atoms with Crippen molar-refractivity contribution in [2.75, 3.05) is 13.1 Å². The molecule has 0 bridgehead atoms. The normalized spacial score (nSPS) is 19.9. The van der Waals surface area contributed by atoms with Crippen LogP contribution in [0.15, 0.2) is 35.7 Å². The first kappa shape index (κ1) is 11.9. The molecule has 0 aliphatic carbocycles. The van der Waals surface area contributed by atoms with Crippen LogP contribution in [0.4, 0.5) is 4.39 Å². The van der Waals surface area contributed by atoms with E-state index in [1.165, 1.54) is 24.5 Å². The monoisotopic (exact) mass is 261 g/mol. The quantitative estimate of drug-likeness (QED) is 0.861. The first-order valence-corrected chi connectivity index (χ1v) is 7.27. The molecule has 0 spiro atoms. The highest BCUT2D eigenvalue weighted by molar-refractivity contribution is 7.13. The molecule has 1 saturated heterocycles. The Morgan fingerprint density at radius 3 is 2.89 bits per heavy atom. The lowest BCUT2D eigenvalue weighted by molar-refractivity contribution is 0.463. The van der Waals surface area contributed by atoms with Crippen LogP contribution >= 0.6 is 11.3 Å². The number of nitrogens with one attached hydrogen (secondary N) is 1. The van der Waals surface area contributed by atoms with Gasteiger partial charge in [0.15, 0.2) is 0 Å². The molecule has 2 aromatic rings. The molecule has 1 aliphatic rings. The van der Waals surface area contributed by atoms with Crippen molar-refractivity contribution >= 4 is 11.3 Å². The van der Waals surface area contributed by atoms with Crippen LogP contribution in [-0.4, -0.2) is 13.1 Å². The lowest BCUT2D eigenvalue weighted by Gasteiger charge is -2.23. The molecule has 1 aromatic heterocycles. The van der Waals surface area contributed by atoms with Gasteiger partial charge in [-0.1, -0.05) is 18.2 Å². The number of benzene rings is 1. The second-order valence-electron chi connectivity index (χ2n) is 4.73. The van der Waals surface area contributed by atoms with Gasteiger partial charge in [-0.05, 0) is 48.4 Å². The predicted molar refractivity (Wildman–Crippen MR) is 74.6 cm³/mol. The van der Waals surface area contributed by atoms with Gasteiger partial charge in [0.05, 0.1) is 0 Å². The maximum Gasteiger partial charge on any atom is 0.131 e. The molecule has 1 fully saturated rings. The van der Waals surface area contributed by atoms with Gasteiger partial charge in [0.1, 0.15) is 5.82 Å². The van der Waals surface area contributed by atoms with E-state index in [0.29, 0.717) is 5.92 Å². The number of halogens is 1. The summed E-state index contributed by atoms with van der Waals surface area (Å²) < 4.78 is 13.9. The Morgan fingerprint density at radius 2 is 2.11 bits per heavy atom. The van der Waals surface area contributed by atoms with E-state index in [-0.39, 0.29) is 5.82 Å². The maximum atomic E-state index is 13.9. The summed E-state index contributed by atoms with van der Waals surface area (Å²) in [5, 5.41) is 5.50. The Hall–Kier alpha value is -1.19. The molecule has 0 saturated carbocycles. The van der Waals surface area contributed by atoms with Gasteiger partial charge in [0.25, 0.3) is 0 Å². The van der Waals surface area contributed by atoms with Crippen LogP contribution in [0.1, 0.15) is 24.3 Å². The van der Waals surface area contributed by atoms with Gasteiger partial charge >= 0.3 is 0 Å². The topological polar surface area (TPSA) is 12.0 Å². The van der Waals surface area contributed by atoms with Crippen molar-refractivity contribution in [2.24, 2.45) is 0 Å². The van der Waals surface area contributed by atoms with Crippen LogP contribution in [0, 0.1) is 5.82 Å². The molecule has 1 unspecified atom stereocenters. The van der Waals surface area contributed by atoms with Crippen LogP contribution in [0.25, 0.3) is 10.4 Å². The molecule has 0 amide bonds. The lowest BCUT2D eigenvalue weighted by Crippen LogP contribution is -2.28. The number of piperidine rings is 1. The fraction of sp³-hybridized carbons (Fsp3) is 0.333. The van der Waals surface area contributed by atoms with Crippen LogP contribution in [0.5, 0.6) is 0 Å². The van der Waals surface area contributed by atoms with E-state index in [1.54, 1.807) is 17.4 Å². The number of rotatable bonds is 2. The molecule has 3 rings (SSSR count). The van der Waals surface area contributed by atoms with E-state index in [9.17, 15) is 4.39 Å². The highest BCUT2D eigenvalue weighted by Gasteiger charge is 2.20. The maximum absolute atomic E-state index is 13.9. The Kier molecular flexibility index (Phi) is 3.43. The molecule has 1 N–H and O–H groups in total. The standard InChI is InChI=1S/C15H16FNS/c16-14-6-2-1-5-13(14)15-12(7-9-18-15)11-4-3-8-17-10-11/h1-2,5-7,9,11,17H,3-4,8,10H2. The third-order valence-corrected chi connectivity index (χ3v) is 4.51. The first-order valence-electron chi connectivity index (χ1n) is 6.39. The fourth-order valence-corrected chi connectivity index (χ4v) is 3.64. The number of hydrogen-bond donors (Lipinski definition) is 1. The molecular weight excluding hydrogens is 245 g/mol. The van der Waals surface area contributed by atoms with E-state index < -0.39 is 0 Å². The Morgan fingerprint density at radius 1 is 1.22 bits per heavy atom. The summed E-state index contributed by atoms with van der Waals surface area (Å²) in [4.78, 5) is 1.10. The van der Waals surface area contributed by atoms with Crippen LogP contribution in [0.2, 0.25) is 0 Å². The van der Waals surface area contributed by atoms with Gasteiger partial charge in [0.2, 0.25) is 0 Å². The van der Waals surface area contributed by atoms with Crippen LogP contribution < -0.4 is 5.32 Å². The highest BCUT2D eigenvalue weighted by atomic mass is 32.1. The zero-order valence-electron chi connectivity index (χ0n) is 10.2. The zero-order valence-corrected chi connectivity index (χ0v) is 11.0. The third kappa shape index (κ3) is 2.20. The molecule has 1 atom stereocenters. The van der Waals surface area contributed by atoms with Crippen molar-refractivity contribution in [3.63, 3.8) is 0 Å². The van der Waals surface area contributed by atoms with E-state index in [2.05, 4.69) is 16.8 Å². The molecule has 2 heterocycles. The Labute approximate surface area is 111 Å². The van der Waals surface area contributed by atoms with Crippen molar-refractivity contribution in [2.45, 2.75) is 18.8 Å². The summed E-state index contributed by atoms with van der Waals surface area (Å²) in [7, 11) is 0. The van der Waals surface area contributed by atoms with Crippen molar-refractivity contribution in [3.8, 4) is 10.4 Å². The smallest absolute Gasteiger partial charge is 0.131 e. The summed E-state index contributed by atoms with van der Waals surface area (Å²) in [5.41, 5.74) is 2.05. The molecule has 1 nitrogen and oxygen atoms in total. The van der Waals surface area contributed by atoms with E-state index in [4.69, 9.17) is 0 Å².